The second-order valence-electron chi connectivity index (χ2n) is 10.0. The summed E-state index contributed by atoms with van der Waals surface area (Å²) < 4.78 is 33.2. The molecule has 0 aromatic carbocycles. The molecule has 2 bridgehead atoms. The number of pyridine rings is 2. The molecular weight excluding hydrogens is 480 g/mol. The average Bonchev–Trinajstić information content (AvgIpc) is 3.39. The molecule has 3 aliphatic heterocycles. The monoisotopic (exact) mass is 514 g/mol. The van der Waals surface area contributed by atoms with Gasteiger partial charge in [0.05, 0.1) is 36.8 Å². The molecule has 0 amide bonds. The van der Waals surface area contributed by atoms with Crippen molar-refractivity contribution in [1.82, 2.24) is 25.1 Å². The van der Waals surface area contributed by atoms with Gasteiger partial charge in [-0.15, -0.1) is 0 Å². The molecule has 5 rings (SSSR count). The first-order chi connectivity index (χ1) is 17.4. The zero-order chi connectivity index (χ0) is 25.3. The van der Waals surface area contributed by atoms with Crippen molar-refractivity contribution >= 4 is 32.6 Å². The lowest BCUT2D eigenvalue weighted by Crippen LogP contribution is -2.50. The van der Waals surface area contributed by atoms with Crippen molar-refractivity contribution in [1.29, 1.82) is 5.26 Å². The lowest BCUT2D eigenvalue weighted by Gasteiger charge is -2.38. The quantitative estimate of drug-likeness (QED) is 0.368. The zero-order valence-corrected chi connectivity index (χ0v) is 21.5. The standard InChI is InChI=1S/C24H34N8O3S/c1-15-9-23(31-30-15)28-22-13-21-20(12-19(35-2)14-26-21)24(29-22)27-16-10-17-5-6-18(11-16)32(17)36(33,34)8-4-3-7-25/h12-18,23,30-31H,3-6,8-11H2,1-2H3,(H2,27,28,29)/t15?,16?,17-,18+,23?. The highest BCUT2D eigenvalue weighted by atomic mass is 32.2. The molecule has 3 aliphatic rings. The maximum atomic E-state index is 13.0. The Morgan fingerprint density at radius 1 is 1.19 bits per heavy atom. The lowest BCUT2D eigenvalue weighted by atomic mass is 9.99. The Labute approximate surface area is 212 Å². The van der Waals surface area contributed by atoms with Crippen LogP contribution in [0.3, 0.4) is 0 Å². The molecule has 194 valence electrons. The molecule has 2 aromatic heterocycles. The van der Waals surface area contributed by atoms with Crippen LogP contribution in [0.5, 0.6) is 5.75 Å². The van der Waals surface area contributed by atoms with Gasteiger partial charge in [0.1, 0.15) is 17.4 Å². The van der Waals surface area contributed by atoms with E-state index in [9.17, 15) is 8.42 Å². The van der Waals surface area contributed by atoms with Crippen LogP contribution in [0.4, 0.5) is 11.6 Å². The Morgan fingerprint density at radius 2 is 1.97 bits per heavy atom. The number of fused-ring (bicyclic) bond motifs is 3. The fourth-order valence-electron chi connectivity index (χ4n) is 5.73. The number of hydrogen-bond acceptors (Lipinski definition) is 10. The maximum Gasteiger partial charge on any atom is 0.214 e. The van der Waals surface area contributed by atoms with E-state index in [2.05, 4.69) is 33.4 Å². The van der Waals surface area contributed by atoms with Gasteiger partial charge in [-0.25, -0.2) is 18.8 Å². The van der Waals surface area contributed by atoms with E-state index in [1.165, 1.54) is 0 Å². The molecule has 12 heteroatoms. The van der Waals surface area contributed by atoms with Gasteiger partial charge in [0.25, 0.3) is 0 Å². The predicted octanol–water partition coefficient (Wildman–Crippen LogP) is 2.30. The Bertz CT molecular complexity index is 1240. The van der Waals surface area contributed by atoms with Crippen LogP contribution >= 0.6 is 0 Å². The molecule has 36 heavy (non-hydrogen) atoms. The van der Waals surface area contributed by atoms with Crippen molar-refractivity contribution in [2.75, 3.05) is 23.5 Å². The highest BCUT2D eigenvalue weighted by Gasteiger charge is 2.46. The summed E-state index contributed by atoms with van der Waals surface area (Å²) in [6.07, 6.45) is 6.49. The minimum Gasteiger partial charge on any atom is -0.495 e. The topological polar surface area (TPSA) is 144 Å². The number of hydrogen-bond donors (Lipinski definition) is 4. The smallest absolute Gasteiger partial charge is 0.214 e. The van der Waals surface area contributed by atoms with Crippen LogP contribution in [0.2, 0.25) is 0 Å². The van der Waals surface area contributed by atoms with Crippen LogP contribution in [0.15, 0.2) is 18.3 Å². The molecule has 3 fully saturated rings. The normalized spacial score (nSPS) is 28.2. The van der Waals surface area contributed by atoms with Gasteiger partial charge in [0.15, 0.2) is 0 Å². The number of nitrogens with zero attached hydrogens (tertiary/aromatic N) is 4. The van der Waals surface area contributed by atoms with Crippen molar-refractivity contribution in [3.05, 3.63) is 18.3 Å². The fourth-order valence-corrected chi connectivity index (χ4v) is 7.74. The summed E-state index contributed by atoms with van der Waals surface area (Å²) in [4.78, 5) is 9.49. The van der Waals surface area contributed by atoms with E-state index in [0.29, 0.717) is 18.2 Å². The van der Waals surface area contributed by atoms with Crippen LogP contribution in [-0.4, -0.2) is 65.9 Å². The number of sulfonamides is 1. The third kappa shape index (κ3) is 5.20. The van der Waals surface area contributed by atoms with Crippen molar-refractivity contribution < 1.29 is 13.2 Å². The number of anilines is 2. The van der Waals surface area contributed by atoms with Crippen LogP contribution < -0.4 is 26.2 Å². The Kier molecular flexibility index (Phi) is 7.16. The van der Waals surface area contributed by atoms with Crippen molar-refractivity contribution in [2.45, 2.75) is 82.2 Å². The van der Waals surface area contributed by atoms with Gasteiger partial charge in [0, 0.05) is 42.0 Å². The molecule has 0 saturated carbocycles. The summed E-state index contributed by atoms with van der Waals surface area (Å²) in [6, 6.07) is 6.32. The van der Waals surface area contributed by atoms with Crippen LogP contribution in [0.1, 0.15) is 51.9 Å². The Balaban J connectivity index is 1.36. The third-order valence-electron chi connectivity index (χ3n) is 7.32. The number of hydrazine groups is 1. The molecule has 5 heterocycles. The lowest BCUT2D eigenvalue weighted by molar-refractivity contribution is 0.234. The van der Waals surface area contributed by atoms with Crippen molar-refractivity contribution in [2.24, 2.45) is 0 Å². The van der Waals surface area contributed by atoms with Gasteiger partial charge in [-0.1, -0.05) is 0 Å². The van der Waals surface area contributed by atoms with Crippen LogP contribution in [0.25, 0.3) is 10.9 Å². The molecule has 3 saturated heterocycles. The van der Waals surface area contributed by atoms with Gasteiger partial charge in [-0.2, -0.15) is 9.57 Å². The Hall–Kier alpha value is -2.72. The van der Waals surface area contributed by atoms with Crippen molar-refractivity contribution in [3.8, 4) is 11.8 Å². The first-order valence-corrected chi connectivity index (χ1v) is 14.2. The molecule has 5 atom stereocenters. The minimum absolute atomic E-state index is 0.0242. The van der Waals surface area contributed by atoms with E-state index in [0.717, 1.165) is 54.6 Å². The molecule has 3 unspecified atom stereocenters. The number of ether oxygens (including phenoxy) is 1. The summed E-state index contributed by atoms with van der Waals surface area (Å²) in [7, 11) is -1.75. The molecule has 2 aromatic rings. The van der Waals surface area contributed by atoms with Gasteiger partial charge in [-0.05, 0) is 51.5 Å². The first-order valence-electron chi connectivity index (χ1n) is 12.6. The summed E-state index contributed by atoms with van der Waals surface area (Å²) in [5.41, 5.74) is 7.25. The van der Waals surface area contributed by atoms with Crippen molar-refractivity contribution in [3.63, 3.8) is 0 Å². The van der Waals surface area contributed by atoms with Crippen LogP contribution in [-0.2, 0) is 10.0 Å². The summed E-state index contributed by atoms with van der Waals surface area (Å²) in [5.74, 6) is 2.13. The molecular formula is C24H34N8O3S. The number of rotatable bonds is 9. The number of nitriles is 1. The van der Waals surface area contributed by atoms with E-state index < -0.39 is 10.0 Å². The van der Waals surface area contributed by atoms with E-state index >= 15 is 0 Å². The highest BCUT2D eigenvalue weighted by Crippen LogP contribution is 2.40. The fraction of sp³-hybridized carbons (Fsp3) is 0.625. The molecule has 0 spiro atoms. The number of aromatic nitrogens is 2. The second kappa shape index (κ2) is 10.3. The van der Waals surface area contributed by atoms with E-state index in [1.807, 2.05) is 18.2 Å². The maximum absolute atomic E-state index is 13.0. The largest absolute Gasteiger partial charge is 0.495 e. The summed E-state index contributed by atoms with van der Waals surface area (Å²) in [5, 5.41) is 16.7. The van der Waals surface area contributed by atoms with E-state index in [-0.39, 0.29) is 36.5 Å². The second-order valence-corrected chi connectivity index (χ2v) is 12.0. The number of piperidine rings is 1. The summed E-state index contributed by atoms with van der Waals surface area (Å²) >= 11 is 0. The van der Waals surface area contributed by atoms with Gasteiger partial charge < -0.3 is 15.4 Å². The molecule has 0 aliphatic carbocycles. The zero-order valence-electron chi connectivity index (χ0n) is 20.7. The minimum atomic E-state index is -3.37. The Morgan fingerprint density at radius 3 is 2.64 bits per heavy atom. The summed E-state index contributed by atoms with van der Waals surface area (Å²) in [6.45, 7) is 2.12. The number of unbranched alkanes of at least 4 members (excludes halogenated alkanes) is 1. The third-order valence-corrected chi connectivity index (χ3v) is 9.37. The first kappa shape index (κ1) is 25.0. The molecule has 11 nitrogen and oxygen atoms in total. The number of methoxy groups -OCH3 is 1. The highest BCUT2D eigenvalue weighted by molar-refractivity contribution is 7.89. The van der Waals surface area contributed by atoms with Gasteiger partial charge in [-0.3, -0.25) is 10.4 Å². The molecule has 4 N–H and O–H groups in total. The van der Waals surface area contributed by atoms with Gasteiger partial charge in [0.2, 0.25) is 10.0 Å². The molecule has 0 radical (unpaired) electrons. The number of nitrogens with one attached hydrogen (secondary N) is 4. The predicted molar refractivity (Wildman–Crippen MR) is 138 cm³/mol. The van der Waals surface area contributed by atoms with Crippen LogP contribution in [0, 0.1) is 11.3 Å². The SMILES string of the molecule is COc1cnc2cc(NC3CC(C)NN3)nc(NC3C[C@H]4CC[C@@H](C3)N4S(=O)(=O)CCCC#N)c2c1. The van der Waals surface area contributed by atoms with Gasteiger partial charge >= 0.3 is 0 Å². The van der Waals surface area contributed by atoms with E-state index in [1.54, 1.807) is 17.6 Å². The van der Waals surface area contributed by atoms with E-state index in [4.69, 9.17) is 15.0 Å². The average molecular weight is 515 g/mol.